The molecule has 0 bridgehead atoms. The Labute approximate surface area is 216 Å². The van der Waals surface area contributed by atoms with Crippen LogP contribution in [0.3, 0.4) is 0 Å². The van der Waals surface area contributed by atoms with Gasteiger partial charge in [0, 0.05) is 62.7 Å². The zero-order valence-corrected chi connectivity index (χ0v) is 21.9. The van der Waals surface area contributed by atoms with Crippen molar-refractivity contribution < 1.29 is 9.59 Å². The van der Waals surface area contributed by atoms with E-state index in [4.69, 9.17) is 11.6 Å². The predicted octanol–water partition coefficient (Wildman–Crippen LogP) is 2.69. The van der Waals surface area contributed by atoms with E-state index in [2.05, 4.69) is 38.5 Å². The summed E-state index contributed by atoms with van der Waals surface area (Å²) in [5.41, 5.74) is 3.18. The van der Waals surface area contributed by atoms with Gasteiger partial charge in [0.1, 0.15) is 5.82 Å². The lowest BCUT2D eigenvalue weighted by Crippen LogP contribution is -2.49. The van der Waals surface area contributed by atoms with Crippen molar-refractivity contribution in [2.45, 2.75) is 65.6 Å². The number of rotatable bonds is 4. The van der Waals surface area contributed by atoms with E-state index in [0.717, 1.165) is 81.3 Å². The monoisotopic (exact) mass is 511 g/mol. The average molecular weight is 512 g/mol. The molecule has 9 nitrogen and oxygen atoms in total. The van der Waals surface area contributed by atoms with E-state index < -0.39 is 0 Å². The highest BCUT2D eigenvalue weighted by Crippen LogP contribution is 2.39. The maximum Gasteiger partial charge on any atom is 0.226 e. The van der Waals surface area contributed by atoms with E-state index in [-0.39, 0.29) is 29.6 Å². The molecule has 4 aliphatic rings. The third-order valence-corrected chi connectivity index (χ3v) is 8.68. The number of fused-ring (bicyclic) bond motifs is 2. The SMILES string of the molecule is CCc1nnc2n1CCN(C(=O)[C@H]1CCN(c3c(Cl)cnc4c3CCN(C(=O)C3CC3)C4)C[C@H]1C)C2. The first-order valence-electron chi connectivity index (χ1n) is 13.3. The Morgan fingerprint density at radius 3 is 2.58 bits per heavy atom. The number of nitrogens with zero attached hydrogens (tertiary/aromatic N) is 7. The first-order valence-corrected chi connectivity index (χ1v) is 13.7. The Balaban J connectivity index is 1.14. The number of amides is 2. The summed E-state index contributed by atoms with van der Waals surface area (Å²) in [5, 5.41) is 9.26. The highest BCUT2D eigenvalue weighted by molar-refractivity contribution is 6.33. The Kier molecular flexibility index (Phi) is 6.14. The fraction of sp³-hybridized carbons (Fsp3) is 0.654. The maximum atomic E-state index is 13.5. The Morgan fingerprint density at radius 2 is 1.83 bits per heavy atom. The van der Waals surface area contributed by atoms with Crippen LogP contribution >= 0.6 is 11.6 Å². The van der Waals surface area contributed by atoms with Crippen molar-refractivity contribution in [2.24, 2.45) is 17.8 Å². The number of hydrogen-bond donors (Lipinski definition) is 0. The number of halogens is 1. The molecular formula is C26H34ClN7O2. The molecule has 0 radical (unpaired) electrons. The fourth-order valence-corrected chi connectivity index (χ4v) is 6.48. The van der Waals surface area contributed by atoms with Crippen molar-refractivity contribution >= 4 is 29.1 Å². The second kappa shape index (κ2) is 9.32. The zero-order valence-electron chi connectivity index (χ0n) is 21.1. The molecule has 1 saturated heterocycles. The minimum Gasteiger partial charge on any atom is -0.370 e. The van der Waals surface area contributed by atoms with E-state index in [0.29, 0.717) is 24.7 Å². The molecule has 0 N–H and O–H groups in total. The van der Waals surface area contributed by atoms with Crippen LogP contribution < -0.4 is 4.90 Å². The van der Waals surface area contributed by atoms with Crippen LogP contribution in [0.2, 0.25) is 5.02 Å². The Hall–Kier alpha value is -2.68. The molecule has 36 heavy (non-hydrogen) atoms. The van der Waals surface area contributed by atoms with Gasteiger partial charge < -0.3 is 19.3 Å². The summed E-state index contributed by atoms with van der Waals surface area (Å²) in [7, 11) is 0. The molecule has 2 aromatic rings. The van der Waals surface area contributed by atoms with E-state index >= 15 is 0 Å². The van der Waals surface area contributed by atoms with Crippen molar-refractivity contribution in [1.82, 2.24) is 29.5 Å². The van der Waals surface area contributed by atoms with Crippen molar-refractivity contribution in [3.8, 4) is 0 Å². The normalized spacial score (nSPS) is 23.9. The van der Waals surface area contributed by atoms with Crippen LogP contribution in [0.25, 0.3) is 0 Å². The van der Waals surface area contributed by atoms with E-state index in [1.807, 2.05) is 9.80 Å². The largest absolute Gasteiger partial charge is 0.370 e. The third kappa shape index (κ3) is 4.15. The Bertz CT molecular complexity index is 1190. The van der Waals surface area contributed by atoms with Crippen LogP contribution in [0.5, 0.6) is 0 Å². The second-order valence-electron chi connectivity index (χ2n) is 10.8. The topological polar surface area (TPSA) is 87.5 Å². The summed E-state index contributed by atoms with van der Waals surface area (Å²) in [6, 6.07) is 0. The van der Waals surface area contributed by atoms with Crippen LogP contribution in [-0.4, -0.2) is 67.5 Å². The van der Waals surface area contributed by atoms with E-state index in [9.17, 15) is 9.59 Å². The van der Waals surface area contributed by atoms with Crippen molar-refractivity contribution in [1.29, 1.82) is 0 Å². The smallest absolute Gasteiger partial charge is 0.226 e. The van der Waals surface area contributed by atoms with Gasteiger partial charge in [0.2, 0.25) is 11.8 Å². The molecule has 2 fully saturated rings. The minimum absolute atomic E-state index is 0.00976. The first kappa shape index (κ1) is 23.7. The van der Waals surface area contributed by atoms with E-state index in [1.165, 1.54) is 5.56 Å². The lowest BCUT2D eigenvalue weighted by atomic mass is 9.85. The molecule has 1 saturated carbocycles. The number of aromatic nitrogens is 4. The van der Waals surface area contributed by atoms with Crippen molar-refractivity contribution in [3.63, 3.8) is 0 Å². The average Bonchev–Trinajstić information content (AvgIpc) is 3.66. The maximum absolute atomic E-state index is 13.5. The summed E-state index contributed by atoms with van der Waals surface area (Å²) in [5.74, 6) is 2.80. The summed E-state index contributed by atoms with van der Waals surface area (Å²) < 4.78 is 2.16. The van der Waals surface area contributed by atoms with Gasteiger partial charge in [-0.2, -0.15) is 0 Å². The third-order valence-electron chi connectivity index (χ3n) is 8.40. The minimum atomic E-state index is -0.00976. The van der Waals surface area contributed by atoms with Gasteiger partial charge in [0.25, 0.3) is 0 Å². The molecule has 2 atom stereocenters. The van der Waals surface area contributed by atoms with Crippen LogP contribution in [0.1, 0.15) is 56.0 Å². The number of aryl methyl sites for hydroxylation is 1. The molecule has 192 valence electrons. The Morgan fingerprint density at radius 1 is 1.03 bits per heavy atom. The quantitative estimate of drug-likeness (QED) is 0.627. The molecule has 1 aliphatic carbocycles. The van der Waals surface area contributed by atoms with Gasteiger partial charge >= 0.3 is 0 Å². The van der Waals surface area contributed by atoms with Gasteiger partial charge in [-0.25, -0.2) is 0 Å². The molecule has 2 amide bonds. The predicted molar refractivity (Wildman–Crippen MR) is 135 cm³/mol. The second-order valence-corrected chi connectivity index (χ2v) is 11.2. The zero-order chi connectivity index (χ0) is 25.0. The highest BCUT2D eigenvalue weighted by atomic mass is 35.5. The van der Waals surface area contributed by atoms with Crippen molar-refractivity contribution in [2.75, 3.05) is 31.1 Å². The molecule has 2 aromatic heterocycles. The summed E-state index contributed by atoms with van der Waals surface area (Å²) >= 11 is 6.71. The van der Waals surface area contributed by atoms with Gasteiger partial charge in [-0.15, -0.1) is 10.2 Å². The molecule has 0 aromatic carbocycles. The number of hydrogen-bond acceptors (Lipinski definition) is 6. The van der Waals surface area contributed by atoms with E-state index in [1.54, 1.807) is 6.20 Å². The first-order chi connectivity index (χ1) is 17.4. The number of piperidine rings is 1. The number of anilines is 1. The van der Waals surface area contributed by atoms with Gasteiger partial charge in [-0.1, -0.05) is 25.4 Å². The molecule has 5 heterocycles. The molecule has 0 spiro atoms. The van der Waals surface area contributed by atoms with Gasteiger partial charge in [0.15, 0.2) is 5.82 Å². The van der Waals surface area contributed by atoms with Crippen LogP contribution in [-0.2, 0) is 42.1 Å². The van der Waals surface area contributed by atoms with Crippen LogP contribution in [0, 0.1) is 17.8 Å². The molecule has 3 aliphatic heterocycles. The van der Waals surface area contributed by atoms with Gasteiger partial charge in [-0.3, -0.25) is 14.6 Å². The molecule has 0 unspecified atom stereocenters. The molecule has 6 rings (SSSR count). The number of carbonyl (C=O) groups is 2. The van der Waals surface area contributed by atoms with Crippen LogP contribution in [0.4, 0.5) is 5.69 Å². The lowest BCUT2D eigenvalue weighted by Gasteiger charge is -2.42. The summed E-state index contributed by atoms with van der Waals surface area (Å²) in [4.78, 5) is 37.0. The molecule has 10 heteroatoms. The number of pyridine rings is 1. The fourth-order valence-electron chi connectivity index (χ4n) is 6.20. The molecular weight excluding hydrogens is 478 g/mol. The standard InChI is InChI=1S/C26H34ClN7O2/c1-3-22-29-30-23-15-33(10-11-34(22)23)26(36)18-6-8-31(13-16(18)2)24-19-7-9-32(25(35)17-4-5-17)14-21(19)28-12-20(24)27/h12,16-18H,3-11,13-15H2,1-2H3/t16-,18+/m1/s1. The van der Waals surface area contributed by atoms with Crippen molar-refractivity contribution in [3.05, 3.63) is 34.1 Å². The summed E-state index contributed by atoms with van der Waals surface area (Å²) in [6.07, 6.45) is 6.19. The summed E-state index contributed by atoms with van der Waals surface area (Å²) in [6.45, 7) is 9.13. The lowest BCUT2D eigenvalue weighted by molar-refractivity contribution is -0.139. The van der Waals surface area contributed by atoms with Crippen LogP contribution in [0.15, 0.2) is 6.20 Å². The highest BCUT2D eigenvalue weighted by Gasteiger charge is 2.39. The van der Waals surface area contributed by atoms with Gasteiger partial charge in [-0.05, 0) is 31.6 Å². The van der Waals surface area contributed by atoms with Gasteiger partial charge in [0.05, 0.1) is 29.5 Å². The number of carbonyl (C=O) groups excluding carboxylic acids is 2.